The van der Waals surface area contributed by atoms with Gasteiger partial charge in [0, 0.05) is 39.8 Å². The lowest BCUT2D eigenvalue weighted by Crippen LogP contribution is -2.59. The third-order valence-electron chi connectivity index (χ3n) is 3.70. The number of nitrogens with zero attached hydrogens (tertiary/aromatic N) is 2. The fraction of sp³-hybridized carbons (Fsp3) is 0.833. The Hall–Kier alpha value is -1.14. The summed E-state index contributed by atoms with van der Waals surface area (Å²) in [6.45, 7) is 4.30. The first-order valence-corrected chi connectivity index (χ1v) is 6.66. The lowest BCUT2D eigenvalue weighted by Gasteiger charge is -2.35. The third kappa shape index (κ3) is 3.00. The Kier molecular flexibility index (Phi) is 4.54. The SMILES string of the molecule is CNC(=O)C1CNCCN1CC(=O)N1CCCC1. The molecule has 0 aromatic carbocycles. The first-order chi connectivity index (χ1) is 8.72. The molecule has 0 spiro atoms. The molecule has 0 aliphatic carbocycles. The van der Waals surface area contributed by atoms with Gasteiger partial charge in [-0.2, -0.15) is 0 Å². The van der Waals surface area contributed by atoms with Crippen molar-refractivity contribution in [2.75, 3.05) is 46.3 Å². The van der Waals surface area contributed by atoms with Crippen molar-refractivity contribution in [3.63, 3.8) is 0 Å². The van der Waals surface area contributed by atoms with Crippen LogP contribution in [0.5, 0.6) is 0 Å². The van der Waals surface area contributed by atoms with Crippen LogP contribution < -0.4 is 10.6 Å². The van der Waals surface area contributed by atoms with Crippen LogP contribution in [0.1, 0.15) is 12.8 Å². The van der Waals surface area contributed by atoms with Gasteiger partial charge < -0.3 is 15.5 Å². The van der Waals surface area contributed by atoms with Gasteiger partial charge in [0.05, 0.1) is 6.54 Å². The van der Waals surface area contributed by atoms with Gasteiger partial charge in [-0.25, -0.2) is 0 Å². The van der Waals surface area contributed by atoms with E-state index in [1.807, 2.05) is 9.80 Å². The van der Waals surface area contributed by atoms with Crippen LogP contribution in [0.15, 0.2) is 0 Å². The number of amides is 2. The van der Waals surface area contributed by atoms with Crippen LogP contribution in [0.25, 0.3) is 0 Å². The monoisotopic (exact) mass is 254 g/mol. The zero-order chi connectivity index (χ0) is 13.0. The molecule has 102 valence electrons. The Morgan fingerprint density at radius 3 is 2.67 bits per heavy atom. The molecule has 2 N–H and O–H groups in total. The van der Waals surface area contributed by atoms with Crippen molar-refractivity contribution in [2.24, 2.45) is 0 Å². The Balaban J connectivity index is 1.92. The predicted octanol–water partition coefficient (Wildman–Crippen LogP) is -1.37. The molecule has 0 saturated carbocycles. The molecule has 2 saturated heterocycles. The molecule has 0 aromatic heterocycles. The number of nitrogens with one attached hydrogen (secondary N) is 2. The van der Waals surface area contributed by atoms with Crippen molar-refractivity contribution < 1.29 is 9.59 Å². The van der Waals surface area contributed by atoms with E-state index in [1.54, 1.807) is 7.05 Å². The average Bonchev–Trinajstić information content (AvgIpc) is 2.92. The Bertz CT molecular complexity index is 315. The number of likely N-dealkylation sites (tertiary alicyclic amines) is 1. The standard InChI is InChI=1S/C12H22N4O2/c1-13-12(18)10-8-14-4-7-16(10)9-11(17)15-5-2-3-6-15/h10,14H,2-9H2,1H3,(H,13,18). The quantitative estimate of drug-likeness (QED) is 0.652. The summed E-state index contributed by atoms with van der Waals surface area (Å²) >= 11 is 0. The van der Waals surface area contributed by atoms with E-state index < -0.39 is 0 Å². The van der Waals surface area contributed by atoms with Crippen LogP contribution in [0.4, 0.5) is 0 Å². The second kappa shape index (κ2) is 6.15. The van der Waals surface area contributed by atoms with E-state index in [0.29, 0.717) is 13.1 Å². The highest BCUT2D eigenvalue weighted by Crippen LogP contribution is 2.10. The molecule has 0 bridgehead atoms. The van der Waals surface area contributed by atoms with E-state index in [2.05, 4.69) is 10.6 Å². The molecule has 2 aliphatic heterocycles. The molecule has 2 rings (SSSR count). The number of hydrogen-bond acceptors (Lipinski definition) is 4. The van der Waals surface area contributed by atoms with Crippen molar-refractivity contribution in [1.82, 2.24) is 20.4 Å². The summed E-state index contributed by atoms with van der Waals surface area (Å²) in [7, 11) is 1.64. The number of rotatable bonds is 3. The molecule has 0 aromatic rings. The summed E-state index contributed by atoms with van der Waals surface area (Å²) < 4.78 is 0. The average molecular weight is 254 g/mol. The lowest BCUT2D eigenvalue weighted by molar-refractivity contribution is -0.134. The summed E-state index contributed by atoms with van der Waals surface area (Å²) in [5, 5.41) is 5.86. The smallest absolute Gasteiger partial charge is 0.238 e. The molecule has 2 aliphatic rings. The Morgan fingerprint density at radius 1 is 1.28 bits per heavy atom. The van der Waals surface area contributed by atoms with Crippen LogP contribution in [-0.2, 0) is 9.59 Å². The predicted molar refractivity (Wildman–Crippen MR) is 68.1 cm³/mol. The highest BCUT2D eigenvalue weighted by molar-refractivity contribution is 5.84. The van der Waals surface area contributed by atoms with Crippen molar-refractivity contribution in [3.8, 4) is 0 Å². The van der Waals surface area contributed by atoms with Crippen LogP contribution >= 0.6 is 0 Å². The van der Waals surface area contributed by atoms with Gasteiger partial charge in [0.25, 0.3) is 0 Å². The van der Waals surface area contributed by atoms with E-state index in [-0.39, 0.29) is 17.9 Å². The number of carbonyl (C=O) groups is 2. The van der Waals surface area contributed by atoms with Gasteiger partial charge in [0.15, 0.2) is 0 Å². The minimum Gasteiger partial charge on any atom is -0.358 e. The first kappa shape index (κ1) is 13.3. The molecular weight excluding hydrogens is 232 g/mol. The van der Waals surface area contributed by atoms with Crippen molar-refractivity contribution >= 4 is 11.8 Å². The molecule has 1 unspecified atom stereocenters. The van der Waals surface area contributed by atoms with Crippen molar-refractivity contribution in [3.05, 3.63) is 0 Å². The van der Waals surface area contributed by atoms with E-state index >= 15 is 0 Å². The Morgan fingerprint density at radius 2 is 2.00 bits per heavy atom. The van der Waals surface area contributed by atoms with E-state index in [4.69, 9.17) is 0 Å². The summed E-state index contributed by atoms with van der Waals surface area (Å²) in [4.78, 5) is 27.8. The fourth-order valence-electron chi connectivity index (χ4n) is 2.60. The molecular formula is C12H22N4O2. The van der Waals surface area contributed by atoms with E-state index in [1.165, 1.54) is 0 Å². The maximum Gasteiger partial charge on any atom is 0.238 e. The lowest BCUT2D eigenvalue weighted by atomic mass is 10.1. The number of hydrogen-bond donors (Lipinski definition) is 2. The summed E-state index contributed by atoms with van der Waals surface area (Å²) in [6, 6.07) is -0.227. The second-order valence-corrected chi connectivity index (χ2v) is 4.89. The fourth-order valence-corrected chi connectivity index (χ4v) is 2.60. The molecule has 6 heteroatoms. The maximum atomic E-state index is 12.1. The zero-order valence-corrected chi connectivity index (χ0v) is 10.9. The van der Waals surface area contributed by atoms with Crippen molar-refractivity contribution in [2.45, 2.75) is 18.9 Å². The van der Waals surface area contributed by atoms with Crippen LogP contribution in [-0.4, -0.2) is 74.0 Å². The van der Waals surface area contributed by atoms with Gasteiger partial charge in [-0.15, -0.1) is 0 Å². The molecule has 0 radical (unpaired) electrons. The number of likely N-dealkylation sites (N-methyl/N-ethyl adjacent to an activating group) is 1. The Labute approximate surface area is 108 Å². The molecule has 1 atom stereocenters. The van der Waals surface area contributed by atoms with E-state index in [0.717, 1.165) is 39.0 Å². The van der Waals surface area contributed by atoms with Crippen molar-refractivity contribution in [1.29, 1.82) is 0 Å². The van der Waals surface area contributed by atoms with Gasteiger partial charge in [0.2, 0.25) is 11.8 Å². The van der Waals surface area contributed by atoms with Gasteiger partial charge in [-0.05, 0) is 12.8 Å². The molecule has 2 fully saturated rings. The molecule has 6 nitrogen and oxygen atoms in total. The van der Waals surface area contributed by atoms with Crippen LogP contribution in [0.3, 0.4) is 0 Å². The first-order valence-electron chi connectivity index (χ1n) is 6.66. The number of carbonyl (C=O) groups excluding carboxylic acids is 2. The minimum absolute atomic E-state index is 0.0172. The minimum atomic E-state index is -0.227. The topological polar surface area (TPSA) is 64.7 Å². The summed E-state index contributed by atoms with van der Waals surface area (Å²) in [5.74, 6) is 0.139. The highest BCUT2D eigenvalue weighted by atomic mass is 16.2. The largest absolute Gasteiger partial charge is 0.358 e. The molecule has 2 amide bonds. The zero-order valence-electron chi connectivity index (χ0n) is 10.9. The molecule has 2 heterocycles. The van der Waals surface area contributed by atoms with Gasteiger partial charge in [0.1, 0.15) is 6.04 Å². The van der Waals surface area contributed by atoms with Gasteiger partial charge in [-0.1, -0.05) is 0 Å². The summed E-state index contributed by atoms with van der Waals surface area (Å²) in [6.07, 6.45) is 2.21. The normalized spacial score (nSPS) is 25.2. The second-order valence-electron chi connectivity index (χ2n) is 4.89. The molecule has 18 heavy (non-hydrogen) atoms. The highest BCUT2D eigenvalue weighted by Gasteiger charge is 2.30. The third-order valence-corrected chi connectivity index (χ3v) is 3.70. The van der Waals surface area contributed by atoms with Gasteiger partial charge >= 0.3 is 0 Å². The van der Waals surface area contributed by atoms with Crippen LogP contribution in [0, 0.1) is 0 Å². The summed E-state index contributed by atoms with van der Waals surface area (Å²) in [5.41, 5.74) is 0. The van der Waals surface area contributed by atoms with Gasteiger partial charge in [-0.3, -0.25) is 14.5 Å². The van der Waals surface area contributed by atoms with Crippen LogP contribution in [0.2, 0.25) is 0 Å². The van der Waals surface area contributed by atoms with E-state index in [9.17, 15) is 9.59 Å². The maximum absolute atomic E-state index is 12.1. The number of piperazine rings is 1.